The summed E-state index contributed by atoms with van der Waals surface area (Å²) in [5, 5.41) is 0. The van der Waals surface area contributed by atoms with E-state index in [0.717, 1.165) is 29.0 Å². The van der Waals surface area contributed by atoms with Gasteiger partial charge in [0.15, 0.2) is 11.2 Å². The fourth-order valence-electron chi connectivity index (χ4n) is 4.20. The lowest BCUT2D eigenvalue weighted by atomic mass is 10.2. The van der Waals surface area contributed by atoms with Crippen LogP contribution in [0, 0.1) is 0 Å². The van der Waals surface area contributed by atoms with E-state index in [1.54, 1.807) is 7.05 Å². The molecule has 8 heteroatoms. The number of aryl methyl sites for hydroxylation is 2. The van der Waals surface area contributed by atoms with Gasteiger partial charge >= 0.3 is 5.69 Å². The molecule has 0 radical (unpaired) electrons. The summed E-state index contributed by atoms with van der Waals surface area (Å²) in [6, 6.07) is 17.8. The van der Waals surface area contributed by atoms with Crippen molar-refractivity contribution in [2.24, 2.45) is 7.05 Å². The highest BCUT2D eigenvalue weighted by Gasteiger charge is 2.26. The van der Waals surface area contributed by atoms with Gasteiger partial charge < -0.3 is 9.47 Å². The Kier molecular flexibility index (Phi) is 5.02. The third-order valence-electron chi connectivity index (χ3n) is 5.78. The van der Waals surface area contributed by atoms with Crippen LogP contribution in [0.2, 0.25) is 0 Å². The zero-order chi connectivity index (χ0) is 21.5. The summed E-state index contributed by atoms with van der Waals surface area (Å²) in [6.45, 7) is 2.51. The maximum atomic E-state index is 13.4. The summed E-state index contributed by atoms with van der Waals surface area (Å²) in [6.07, 6.45) is 0.917. The van der Waals surface area contributed by atoms with Crippen LogP contribution in [-0.4, -0.2) is 25.2 Å². The Bertz CT molecular complexity index is 1370. The SMILES string of the molecule is Cn1c(=O)n(Cc2ccc(Br)cc2)c(=O)c2c1nc1n2CCCN1Cc1ccccc1. The van der Waals surface area contributed by atoms with E-state index in [0.29, 0.717) is 24.3 Å². The molecule has 0 spiro atoms. The van der Waals surface area contributed by atoms with Crippen LogP contribution < -0.4 is 16.1 Å². The average molecular weight is 480 g/mol. The Morgan fingerprint density at radius 1 is 0.935 bits per heavy atom. The van der Waals surface area contributed by atoms with Crippen LogP contribution >= 0.6 is 15.9 Å². The molecular formula is C23H22BrN5O2. The lowest BCUT2D eigenvalue weighted by Gasteiger charge is -2.29. The van der Waals surface area contributed by atoms with E-state index in [2.05, 4.69) is 33.0 Å². The molecule has 0 unspecified atom stereocenters. The zero-order valence-electron chi connectivity index (χ0n) is 17.2. The molecule has 0 atom stereocenters. The van der Waals surface area contributed by atoms with Gasteiger partial charge in [-0.15, -0.1) is 0 Å². The fourth-order valence-corrected chi connectivity index (χ4v) is 4.46. The van der Waals surface area contributed by atoms with E-state index in [9.17, 15) is 9.59 Å². The Balaban J connectivity index is 1.62. The first kappa shape index (κ1) is 19.8. The van der Waals surface area contributed by atoms with Crippen molar-refractivity contribution in [2.45, 2.75) is 26.1 Å². The molecule has 0 saturated carbocycles. The number of benzene rings is 2. The van der Waals surface area contributed by atoms with Gasteiger partial charge in [0.1, 0.15) is 0 Å². The van der Waals surface area contributed by atoms with E-state index < -0.39 is 0 Å². The van der Waals surface area contributed by atoms with Crippen molar-refractivity contribution in [1.82, 2.24) is 18.7 Å². The molecule has 158 valence electrons. The van der Waals surface area contributed by atoms with Crippen LogP contribution in [-0.2, 0) is 26.7 Å². The second-order valence-electron chi connectivity index (χ2n) is 7.86. The van der Waals surface area contributed by atoms with Crippen molar-refractivity contribution < 1.29 is 0 Å². The topological polar surface area (TPSA) is 65.1 Å². The van der Waals surface area contributed by atoms with Gasteiger partial charge in [0, 0.05) is 31.2 Å². The predicted molar refractivity (Wildman–Crippen MR) is 125 cm³/mol. The number of rotatable bonds is 4. The van der Waals surface area contributed by atoms with Crippen LogP contribution in [0.15, 0.2) is 68.7 Å². The minimum Gasteiger partial charge on any atom is -0.338 e. The van der Waals surface area contributed by atoms with E-state index in [1.807, 2.05) is 47.0 Å². The molecular weight excluding hydrogens is 458 g/mol. The van der Waals surface area contributed by atoms with Crippen LogP contribution in [0.5, 0.6) is 0 Å². The summed E-state index contributed by atoms with van der Waals surface area (Å²) in [5.74, 6) is 0.749. The molecule has 0 aliphatic carbocycles. The second-order valence-corrected chi connectivity index (χ2v) is 8.77. The summed E-state index contributed by atoms with van der Waals surface area (Å²) < 4.78 is 5.72. The number of hydrogen-bond acceptors (Lipinski definition) is 4. The molecule has 31 heavy (non-hydrogen) atoms. The van der Waals surface area contributed by atoms with E-state index in [1.165, 1.54) is 14.7 Å². The third-order valence-corrected chi connectivity index (χ3v) is 6.30. The minimum atomic E-state index is -0.356. The van der Waals surface area contributed by atoms with Crippen LogP contribution in [0.25, 0.3) is 11.2 Å². The molecule has 7 nitrogen and oxygen atoms in total. The molecule has 1 aliphatic rings. The molecule has 0 saturated heterocycles. The van der Waals surface area contributed by atoms with E-state index in [4.69, 9.17) is 4.98 Å². The van der Waals surface area contributed by atoms with E-state index in [-0.39, 0.29) is 17.8 Å². The number of aromatic nitrogens is 4. The molecule has 0 fully saturated rings. The highest BCUT2D eigenvalue weighted by molar-refractivity contribution is 9.10. The fraction of sp³-hybridized carbons (Fsp3) is 0.261. The number of halogens is 1. The summed E-state index contributed by atoms with van der Waals surface area (Å²) in [4.78, 5) is 33.4. The molecule has 0 amide bonds. The van der Waals surface area contributed by atoms with Crippen molar-refractivity contribution in [1.29, 1.82) is 0 Å². The van der Waals surface area contributed by atoms with Crippen molar-refractivity contribution >= 4 is 33.0 Å². The molecule has 1 aliphatic heterocycles. The number of imidazole rings is 1. The normalized spacial score (nSPS) is 13.5. The standard InChI is InChI=1S/C23H22BrN5O2/c1-26-20-19(21(30)29(23(26)31)15-17-8-10-18(24)11-9-17)28-13-5-12-27(22(28)25-20)14-16-6-3-2-4-7-16/h2-4,6-11H,5,12-15H2,1H3. The largest absolute Gasteiger partial charge is 0.338 e. The molecule has 2 aromatic carbocycles. The van der Waals surface area contributed by atoms with Gasteiger partial charge in [-0.05, 0) is 29.7 Å². The molecule has 2 aromatic heterocycles. The Morgan fingerprint density at radius 3 is 2.39 bits per heavy atom. The third kappa shape index (κ3) is 3.50. The van der Waals surface area contributed by atoms with Crippen LogP contribution in [0.1, 0.15) is 17.5 Å². The summed E-state index contributed by atoms with van der Waals surface area (Å²) >= 11 is 3.42. The van der Waals surface area contributed by atoms with Crippen molar-refractivity contribution in [3.8, 4) is 0 Å². The second kappa shape index (κ2) is 7.85. The van der Waals surface area contributed by atoms with Crippen LogP contribution in [0.4, 0.5) is 5.95 Å². The number of nitrogens with zero attached hydrogens (tertiary/aromatic N) is 5. The molecule has 5 rings (SSSR count). The Labute approximate surface area is 187 Å². The predicted octanol–water partition coefficient (Wildman–Crippen LogP) is 3.12. The van der Waals surface area contributed by atoms with Crippen molar-refractivity contribution in [3.63, 3.8) is 0 Å². The maximum absolute atomic E-state index is 13.4. The first-order valence-corrected chi connectivity index (χ1v) is 11.1. The lowest BCUT2D eigenvalue weighted by molar-refractivity contribution is 0.561. The summed E-state index contributed by atoms with van der Waals surface area (Å²) in [7, 11) is 1.68. The number of hydrogen-bond donors (Lipinski definition) is 0. The van der Waals surface area contributed by atoms with Crippen LogP contribution in [0.3, 0.4) is 0 Å². The van der Waals surface area contributed by atoms with Gasteiger partial charge in [0.25, 0.3) is 5.56 Å². The molecule has 0 N–H and O–H groups in total. The number of fused-ring (bicyclic) bond motifs is 3. The Morgan fingerprint density at radius 2 is 1.65 bits per heavy atom. The minimum absolute atomic E-state index is 0.225. The highest BCUT2D eigenvalue weighted by Crippen LogP contribution is 2.25. The molecule has 3 heterocycles. The van der Waals surface area contributed by atoms with Gasteiger partial charge in [0.05, 0.1) is 6.54 Å². The monoisotopic (exact) mass is 479 g/mol. The number of anilines is 1. The quantitative estimate of drug-likeness (QED) is 0.451. The first-order valence-electron chi connectivity index (χ1n) is 10.3. The smallest absolute Gasteiger partial charge is 0.332 e. The van der Waals surface area contributed by atoms with Gasteiger partial charge in [-0.3, -0.25) is 13.9 Å². The van der Waals surface area contributed by atoms with Gasteiger partial charge in [-0.25, -0.2) is 4.79 Å². The highest BCUT2D eigenvalue weighted by atomic mass is 79.9. The van der Waals surface area contributed by atoms with Gasteiger partial charge in [0.2, 0.25) is 5.95 Å². The van der Waals surface area contributed by atoms with Crippen molar-refractivity contribution in [2.75, 3.05) is 11.4 Å². The average Bonchev–Trinajstić information content (AvgIpc) is 3.18. The first-order chi connectivity index (χ1) is 15.0. The van der Waals surface area contributed by atoms with E-state index >= 15 is 0 Å². The van der Waals surface area contributed by atoms with Gasteiger partial charge in [-0.1, -0.05) is 58.4 Å². The van der Waals surface area contributed by atoms with Crippen molar-refractivity contribution in [3.05, 3.63) is 91.0 Å². The maximum Gasteiger partial charge on any atom is 0.332 e. The molecule has 4 aromatic rings. The summed E-state index contributed by atoms with van der Waals surface area (Å²) in [5.41, 5.74) is 2.37. The zero-order valence-corrected chi connectivity index (χ0v) is 18.7. The van der Waals surface area contributed by atoms with Gasteiger partial charge in [-0.2, -0.15) is 4.98 Å². The molecule has 0 bridgehead atoms. The lowest BCUT2D eigenvalue weighted by Crippen LogP contribution is -2.40. The Hall–Kier alpha value is -3.13.